The zero-order chi connectivity index (χ0) is 53.5. The molecule has 0 bridgehead atoms. The molecule has 0 radical (unpaired) electrons. The minimum atomic E-state index is -4.93. The van der Waals surface area contributed by atoms with Crippen molar-refractivity contribution in [1.29, 1.82) is 0 Å². The Hall–Kier alpha value is -6.41. The Balaban J connectivity index is 0.000000241. The van der Waals surface area contributed by atoms with Crippen LogP contribution in [0.3, 0.4) is 0 Å². The first-order valence-electron chi connectivity index (χ1n) is 22.1. The molecule has 8 aromatic rings. The van der Waals surface area contributed by atoms with E-state index in [1.54, 1.807) is 111 Å². The van der Waals surface area contributed by atoms with Gasteiger partial charge < -0.3 is 34.9 Å². The van der Waals surface area contributed by atoms with E-state index in [1.807, 2.05) is 13.8 Å². The number of phenolic OH excluding ortho intramolecular Hbond substituents is 1. The number of halogens is 2. The third kappa shape index (κ3) is 13.7. The Morgan fingerprint density at radius 2 is 0.987 bits per heavy atom. The van der Waals surface area contributed by atoms with Crippen LogP contribution >= 0.6 is 23.2 Å². The number of ether oxygens (including phenoxy) is 2. The van der Waals surface area contributed by atoms with Crippen LogP contribution in [-0.4, -0.2) is 105 Å². The Labute approximate surface area is 481 Å². The van der Waals surface area contributed by atoms with Gasteiger partial charge in [-0.15, -0.1) is 15.3 Å². The van der Waals surface area contributed by atoms with Gasteiger partial charge in [0.05, 0.1) is 39.4 Å². The minimum Gasteiger partial charge on any atom is -0.870 e. The smallest absolute Gasteiger partial charge is 0.870 e. The van der Waals surface area contributed by atoms with Crippen LogP contribution in [0.4, 0.5) is 34.1 Å². The minimum absolute atomic E-state index is 0. The fraction of sp³-hybridized carbons (Fsp3) is 0.115. The van der Waals surface area contributed by atoms with Gasteiger partial charge >= 0.3 is 48.9 Å². The number of nitrogens with zero attached hydrogens (tertiary/aromatic N) is 4. The number of hydrogen-bond donors (Lipinski definition) is 4. The van der Waals surface area contributed by atoms with E-state index in [0.29, 0.717) is 68.8 Å². The standard InChI is InChI=1S/2C26H22ClN3O6S.Ba/c2*1-3-36-18-11-9-17(10-12-18)28-26(32)20-14-16-6-4-5-7-19(16)23(25(20)31)29-30-24-21(37(33,34)35)13-8-15(2)22(24)27;/h2*4-14,31H,3H2,1-2H3,(H,28,32)(H,33,34,35);/q;;+2/p-2. The molecule has 0 heterocycles. The summed E-state index contributed by atoms with van der Waals surface area (Å²) in [6.07, 6.45) is 0. The van der Waals surface area contributed by atoms with E-state index in [0.717, 1.165) is 12.1 Å². The molecule has 75 heavy (non-hydrogen) atoms. The Kier molecular flexibility index (Phi) is 19.3. The quantitative estimate of drug-likeness (QED) is 0.0449. The van der Waals surface area contributed by atoms with Gasteiger partial charge in [-0.05, 0) is 122 Å². The van der Waals surface area contributed by atoms with Crippen molar-refractivity contribution in [3.05, 3.63) is 166 Å². The largest absolute Gasteiger partial charge is 2.00 e. The molecule has 380 valence electrons. The second-order valence-corrected chi connectivity index (χ2v) is 19.4. The van der Waals surface area contributed by atoms with Crippen LogP contribution in [0, 0.1) is 13.8 Å². The monoisotopic (exact) mass is 1210 g/mol. The maximum absolute atomic E-state index is 13.4. The van der Waals surface area contributed by atoms with Crippen molar-refractivity contribution in [3.8, 4) is 23.0 Å². The molecule has 0 aromatic heterocycles. The molecule has 0 aliphatic carbocycles. The Morgan fingerprint density at radius 1 is 0.587 bits per heavy atom. The van der Waals surface area contributed by atoms with Gasteiger partial charge in [0.2, 0.25) is 0 Å². The van der Waals surface area contributed by atoms with E-state index in [1.165, 1.54) is 24.3 Å². The van der Waals surface area contributed by atoms with Crippen LogP contribution < -0.4 is 25.2 Å². The van der Waals surface area contributed by atoms with Crippen molar-refractivity contribution >= 4 is 160 Å². The summed E-state index contributed by atoms with van der Waals surface area (Å²) in [7, 11) is -9.60. The SMILES string of the molecule is CCOc1ccc(NC(=O)c2cc3ccccc3c(N=Nc3c(S(=O)(=O)O)ccc(C)c3Cl)c2O)cc1.CCOc1ccc(NC(=O)c2cc3ccccc3c(N=Nc3c(S(=O)(=O)[O-])ccc(C)c3Cl)c2[O-])cc1.[Ba+2]. The van der Waals surface area contributed by atoms with Crippen molar-refractivity contribution in [2.75, 3.05) is 23.8 Å². The molecule has 0 unspecified atom stereocenters. The Morgan fingerprint density at radius 3 is 1.45 bits per heavy atom. The molecular weight excluding hydrogens is 1170 g/mol. The molecule has 0 atom stereocenters. The number of carbonyl (C=O) groups excluding carboxylic acids is 2. The number of benzene rings is 8. The van der Waals surface area contributed by atoms with Crippen LogP contribution in [0.1, 0.15) is 45.7 Å². The molecule has 0 fully saturated rings. The predicted octanol–water partition coefficient (Wildman–Crippen LogP) is 12.3. The third-order valence-electron chi connectivity index (χ3n) is 10.9. The van der Waals surface area contributed by atoms with E-state index in [4.69, 9.17) is 32.7 Å². The summed E-state index contributed by atoms with van der Waals surface area (Å²) in [5, 5.41) is 47.5. The number of nitrogens with one attached hydrogen (secondary N) is 2. The third-order valence-corrected chi connectivity index (χ3v) is 13.6. The van der Waals surface area contributed by atoms with Crippen molar-refractivity contribution in [2.24, 2.45) is 20.5 Å². The normalized spacial score (nSPS) is 11.5. The van der Waals surface area contributed by atoms with Crippen molar-refractivity contribution in [3.63, 3.8) is 0 Å². The number of amides is 2. The van der Waals surface area contributed by atoms with Gasteiger partial charge in [0.15, 0.2) is 5.75 Å². The summed E-state index contributed by atoms with van der Waals surface area (Å²) >= 11 is 12.5. The van der Waals surface area contributed by atoms with Gasteiger partial charge in [0.1, 0.15) is 43.6 Å². The summed E-state index contributed by atoms with van der Waals surface area (Å²) in [5.74, 6) is -1.20. The molecule has 8 rings (SSSR count). The number of azo groups is 2. The molecule has 18 nitrogen and oxygen atoms in total. The topological polar surface area (TPSA) is 281 Å². The number of fused-ring (bicyclic) bond motifs is 2. The van der Waals surface area contributed by atoms with Gasteiger partial charge in [0.25, 0.3) is 21.9 Å². The Bertz CT molecular complexity index is 3530. The number of phenols is 1. The van der Waals surface area contributed by atoms with Gasteiger partial charge in [0, 0.05) is 27.7 Å². The first-order valence-corrected chi connectivity index (χ1v) is 25.7. The van der Waals surface area contributed by atoms with Gasteiger partial charge in [-0.2, -0.15) is 13.5 Å². The van der Waals surface area contributed by atoms with Gasteiger partial charge in [-0.3, -0.25) is 14.1 Å². The number of carbonyl (C=O) groups is 2. The maximum atomic E-state index is 13.4. The zero-order valence-electron chi connectivity index (χ0n) is 40.2. The summed E-state index contributed by atoms with van der Waals surface area (Å²) in [6.45, 7) is 7.96. The van der Waals surface area contributed by atoms with E-state index in [9.17, 15) is 45.7 Å². The molecular formula is C52H42BaCl2N6O12S2. The van der Waals surface area contributed by atoms with Gasteiger partial charge in [-0.25, -0.2) is 8.42 Å². The van der Waals surface area contributed by atoms with E-state index >= 15 is 0 Å². The molecule has 2 amide bonds. The molecule has 0 saturated carbocycles. The molecule has 0 aliphatic rings. The van der Waals surface area contributed by atoms with E-state index in [2.05, 4.69) is 31.1 Å². The van der Waals surface area contributed by atoms with Crippen molar-refractivity contribution in [2.45, 2.75) is 37.5 Å². The van der Waals surface area contributed by atoms with Crippen LogP contribution in [0.25, 0.3) is 21.5 Å². The fourth-order valence-corrected chi connectivity index (χ4v) is 9.02. The number of aryl methyl sites for hydroxylation is 2. The zero-order valence-corrected chi connectivity index (χ0v) is 47.7. The summed E-state index contributed by atoms with van der Waals surface area (Å²) in [5.41, 5.74) is 0.645. The van der Waals surface area contributed by atoms with Crippen LogP contribution in [0.5, 0.6) is 23.0 Å². The molecule has 0 aliphatic heterocycles. The number of aromatic hydroxyl groups is 1. The summed E-state index contributed by atoms with van der Waals surface area (Å²) < 4.78 is 79.4. The predicted molar refractivity (Wildman–Crippen MR) is 284 cm³/mol. The molecule has 0 saturated heterocycles. The number of hydrogen-bond acceptors (Lipinski definition) is 15. The van der Waals surface area contributed by atoms with Crippen LogP contribution in [0.2, 0.25) is 10.0 Å². The first kappa shape index (κ1) is 57.9. The first-order chi connectivity index (χ1) is 35.2. The molecule has 0 spiro atoms. The second-order valence-electron chi connectivity index (χ2n) is 15.9. The molecule has 4 N–H and O–H groups in total. The molecule has 8 aromatic carbocycles. The van der Waals surface area contributed by atoms with Gasteiger partial charge in [-0.1, -0.05) is 89.6 Å². The fourth-order valence-electron chi connectivity index (χ4n) is 7.26. The van der Waals surface area contributed by atoms with E-state index in [-0.39, 0.29) is 92.8 Å². The number of anilines is 2. The molecule has 23 heteroatoms. The second kappa shape index (κ2) is 25.0. The number of rotatable bonds is 14. The van der Waals surface area contributed by atoms with E-state index < -0.39 is 53.3 Å². The van der Waals surface area contributed by atoms with Crippen molar-refractivity contribution < 1.29 is 55.2 Å². The van der Waals surface area contributed by atoms with Crippen LogP contribution in [0.15, 0.2) is 164 Å². The summed E-state index contributed by atoms with van der Waals surface area (Å²) in [6, 6.07) is 34.9. The van der Waals surface area contributed by atoms with Crippen molar-refractivity contribution in [1.82, 2.24) is 0 Å². The maximum Gasteiger partial charge on any atom is 2.00 e. The van der Waals surface area contributed by atoms with Crippen LogP contribution in [-0.2, 0) is 20.2 Å². The average Bonchev–Trinajstić information content (AvgIpc) is 3.36. The summed E-state index contributed by atoms with van der Waals surface area (Å²) in [4.78, 5) is 24.9. The average molecular weight is 1220 g/mol.